The standard InChI is InChI=1S/C23H49N2O5P/c1-5-6-7-8-9-10-11-12-13-14-15-16-17-18-23(26)22(24)21-30-31(27,28)29-20-19-25(2,3)4/h17-18,22-23,26H,5-16,19-21,24H2,1-4H3/p+1/b18-17+/t22-,23+/m1/s1. The number of aliphatic hydroxyl groups is 1. The molecule has 0 fully saturated rings. The molecule has 4 N–H and O–H groups in total. The molecule has 0 amide bonds. The molecule has 0 rings (SSSR count). The van der Waals surface area contributed by atoms with Gasteiger partial charge in [0.25, 0.3) is 0 Å². The molecule has 8 heteroatoms. The first kappa shape index (κ1) is 30.7. The Morgan fingerprint density at radius 2 is 1.45 bits per heavy atom. The van der Waals surface area contributed by atoms with Crippen LogP contribution in [0.25, 0.3) is 0 Å². The van der Waals surface area contributed by atoms with Crippen LogP contribution in [0.2, 0.25) is 0 Å². The second kappa shape index (κ2) is 18.2. The lowest BCUT2D eigenvalue weighted by atomic mass is 10.0. The molecule has 3 atom stereocenters. The maximum Gasteiger partial charge on any atom is 0.472 e. The fraction of sp³-hybridized carbons (Fsp3) is 0.913. The maximum atomic E-state index is 11.9. The molecule has 0 spiro atoms. The number of nitrogens with two attached hydrogens (primary N) is 1. The van der Waals surface area contributed by atoms with Gasteiger partial charge in [-0.2, -0.15) is 0 Å². The van der Waals surface area contributed by atoms with Crippen LogP contribution in [-0.2, 0) is 13.6 Å². The first-order chi connectivity index (χ1) is 14.6. The van der Waals surface area contributed by atoms with Gasteiger partial charge in [0.2, 0.25) is 0 Å². The van der Waals surface area contributed by atoms with Crippen molar-refractivity contribution in [2.75, 3.05) is 40.9 Å². The topological polar surface area (TPSA) is 102 Å². The van der Waals surface area contributed by atoms with E-state index in [0.29, 0.717) is 11.0 Å². The van der Waals surface area contributed by atoms with Crippen molar-refractivity contribution in [3.8, 4) is 0 Å². The van der Waals surface area contributed by atoms with Crippen molar-refractivity contribution in [3.63, 3.8) is 0 Å². The molecule has 0 saturated heterocycles. The average Bonchev–Trinajstić information content (AvgIpc) is 2.68. The number of phosphoric ester groups is 1. The molecule has 0 radical (unpaired) electrons. The van der Waals surface area contributed by atoms with Crippen LogP contribution >= 0.6 is 7.82 Å². The summed E-state index contributed by atoms with van der Waals surface area (Å²) in [6.45, 7) is 2.68. The molecule has 0 aliphatic carbocycles. The van der Waals surface area contributed by atoms with Crippen molar-refractivity contribution >= 4 is 7.82 Å². The lowest BCUT2D eigenvalue weighted by Gasteiger charge is -2.24. The molecule has 0 aromatic carbocycles. The minimum atomic E-state index is -4.16. The third-order valence-electron chi connectivity index (χ3n) is 5.19. The SMILES string of the molecule is CCCCCCCCCCCCC/C=C/[C@H](O)[C@H](N)COP(=O)(O)OCC[N+](C)(C)C. The number of rotatable bonds is 21. The predicted molar refractivity (Wildman–Crippen MR) is 129 cm³/mol. The van der Waals surface area contributed by atoms with Gasteiger partial charge in [-0.1, -0.05) is 83.3 Å². The van der Waals surface area contributed by atoms with E-state index in [1.54, 1.807) is 6.08 Å². The highest BCUT2D eigenvalue weighted by atomic mass is 31.2. The van der Waals surface area contributed by atoms with E-state index in [1.807, 2.05) is 27.2 Å². The first-order valence-electron chi connectivity index (χ1n) is 12.1. The summed E-state index contributed by atoms with van der Waals surface area (Å²) in [4.78, 5) is 9.69. The van der Waals surface area contributed by atoms with Crippen molar-refractivity contribution in [1.29, 1.82) is 0 Å². The molecule has 7 nitrogen and oxygen atoms in total. The molecule has 0 heterocycles. The first-order valence-corrected chi connectivity index (χ1v) is 13.6. The Balaban J connectivity index is 3.74. The van der Waals surface area contributed by atoms with Gasteiger partial charge in [0.15, 0.2) is 0 Å². The fourth-order valence-corrected chi connectivity index (χ4v) is 3.80. The molecule has 31 heavy (non-hydrogen) atoms. The van der Waals surface area contributed by atoms with Crippen LogP contribution in [0.3, 0.4) is 0 Å². The summed E-state index contributed by atoms with van der Waals surface area (Å²) < 4.78 is 22.3. The summed E-state index contributed by atoms with van der Waals surface area (Å²) >= 11 is 0. The zero-order chi connectivity index (χ0) is 23.6. The van der Waals surface area contributed by atoms with Crippen LogP contribution in [0.5, 0.6) is 0 Å². The number of hydrogen-bond donors (Lipinski definition) is 3. The highest BCUT2D eigenvalue weighted by Gasteiger charge is 2.25. The van der Waals surface area contributed by atoms with Gasteiger partial charge in [-0.25, -0.2) is 4.57 Å². The van der Waals surface area contributed by atoms with E-state index in [4.69, 9.17) is 14.8 Å². The van der Waals surface area contributed by atoms with Crippen molar-refractivity contribution in [3.05, 3.63) is 12.2 Å². The van der Waals surface area contributed by atoms with Crippen molar-refractivity contribution in [2.45, 2.75) is 96.1 Å². The minimum Gasteiger partial charge on any atom is -0.387 e. The van der Waals surface area contributed by atoms with Gasteiger partial charge < -0.3 is 20.2 Å². The smallest absolute Gasteiger partial charge is 0.387 e. The second-order valence-corrected chi connectivity index (χ2v) is 11.0. The molecular formula is C23H50N2O5P+. The Labute approximate surface area is 191 Å². The summed E-state index contributed by atoms with van der Waals surface area (Å²) in [6.07, 6.45) is 17.9. The number of phosphoric acid groups is 1. The van der Waals surface area contributed by atoms with Gasteiger partial charge in [-0.05, 0) is 12.8 Å². The normalized spacial score (nSPS) is 16.5. The van der Waals surface area contributed by atoms with Gasteiger partial charge in [-0.3, -0.25) is 9.05 Å². The molecule has 0 aliphatic rings. The fourth-order valence-electron chi connectivity index (χ4n) is 3.05. The zero-order valence-corrected chi connectivity index (χ0v) is 21.4. The molecule has 0 bridgehead atoms. The number of aliphatic hydroxyl groups excluding tert-OH is 1. The van der Waals surface area contributed by atoms with E-state index in [9.17, 15) is 14.6 Å². The van der Waals surface area contributed by atoms with Crippen molar-refractivity contribution in [2.24, 2.45) is 5.73 Å². The molecule has 1 unspecified atom stereocenters. The monoisotopic (exact) mass is 465 g/mol. The third-order valence-corrected chi connectivity index (χ3v) is 6.18. The quantitative estimate of drug-likeness (QED) is 0.0977. The molecule has 0 aromatic heterocycles. The third kappa shape index (κ3) is 21.3. The van der Waals surface area contributed by atoms with Gasteiger partial charge in [0.1, 0.15) is 13.2 Å². The lowest BCUT2D eigenvalue weighted by molar-refractivity contribution is -0.870. The summed E-state index contributed by atoms with van der Waals surface area (Å²) in [5.74, 6) is 0. The Bertz CT molecular complexity index is 497. The number of hydrogen-bond acceptors (Lipinski definition) is 5. The molecule has 0 aliphatic heterocycles. The highest BCUT2D eigenvalue weighted by Crippen LogP contribution is 2.43. The Hall–Kier alpha value is -0.270. The molecule has 0 aromatic rings. The number of allylic oxidation sites excluding steroid dienone is 1. The van der Waals surface area contributed by atoms with E-state index < -0.39 is 20.0 Å². The van der Waals surface area contributed by atoms with Crippen LogP contribution in [0.15, 0.2) is 12.2 Å². The minimum absolute atomic E-state index is 0.105. The maximum absolute atomic E-state index is 11.9. The van der Waals surface area contributed by atoms with Crippen molar-refractivity contribution < 1.29 is 28.1 Å². The van der Waals surface area contributed by atoms with Gasteiger partial charge in [0, 0.05) is 0 Å². The molecular weight excluding hydrogens is 415 g/mol. The Morgan fingerprint density at radius 3 is 1.97 bits per heavy atom. The lowest BCUT2D eigenvalue weighted by Crippen LogP contribution is -2.38. The van der Waals surface area contributed by atoms with Gasteiger partial charge in [-0.15, -0.1) is 0 Å². The summed E-state index contributed by atoms with van der Waals surface area (Å²) in [5.41, 5.74) is 5.85. The second-order valence-electron chi connectivity index (χ2n) is 9.52. The van der Waals surface area contributed by atoms with E-state index in [0.717, 1.165) is 12.8 Å². The van der Waals surface area contributed by atoms with Crippen LogP contribution in [0, 0.1) is 0 Å². The Morgan fingerprint density at radius 1 is 0.935 bits per heavy atom. The van der Waals surface area contributed by atoms with E-state index >= 15 is 0 Å². The Kier molecular flexibility index (Phi) is 18.0. The summed E-state index contributed by atoms with van der Waals surface area (Å²) in [6, 6.07) is -0.781. The van der Waals surface area contributed by atoms with E-state index in [1.165, 1.54) is 64.2 Å². The predicted octanol–water partition coefficient (Wildman–Crippen LogP) is 4.77. The van der Waals surface area contributed by atoms with Crippen molar-refractivity contribution in [1.82, 2.24) is 0 Å². The van der Waals surface area contributed by atoms with Crippen LogP contribution in [0.1, 0.15) is 84.0 Å². The molecule has 0 saturated carbocycles. The number of quaternary nitrogens is 1. The van der Waals surface area contributed by atoms with E-state index in [2.05, 4.69) is 6.92 Å². The van der Waals surface area contributed by atoms with Crippen LogP contribution in [-0.4, -0.2) is 67.5 Å². The zero-order valence-electron chi connectivity index (χ0n) is 20.5. The van der Waals surface area contributed by atoms with E-state index in [-0.39, 0.29) is 13.2 Å². The largest absolute Gasteiger partial charge is 0.472 e. The van der Waals surface area contributed by atoms with Gasteiger partial charge in [0.05, 0.1) is 39.9 Å². The van der Waals surface area contributed by atoms with Crippen LogP contribution < -0.4 is 5.73 Å². The molecule has 186 valence electrons. The number of likely N-dealkylation sites (N-methyl/N-ethyl adjacent to an activating group) is 1. The average molecular weight is 466 g/mol. The van der Waals surface area contributed by atoms with Crippen LogP contribution in [0.4, 0.5) is 0 Å². The summed E-state index contributed by atoms with van der Waals surface area (Å²) in [7, 11) is 1.72. The highest BCUT2D eigenvalue weighted by molar-refractivity contribution is 7.47. The number of unbranched alkanes of at least 4 members (excludes halogenated alkanes) is 11. The summed E-state index contributed by atoms with van der Waals surface area (Å²) in [5, 5.41) is 10.1. The number of nitrogens with zero attached hydrogens (tertiary/aromatic N) is 1. The van der Waals surface area contributed by atoms with Gasteiger partial charge >= 0.3 is 7.82 Å².